The van der Waals surface area contributed by atoms with Crippen molar-refractivity contribution in [3.63, 3.8) is 0 Å². The molecule has 134 valence electrons. The first-order chi connectivity index (χ1) is 12.7. The van der Waals surface area contributed by atoms with Gasteiger partial charge in [0.25, 0.3) is 0 Å². The smallest absolute Gasteiger partial charge is 0.240 e. The minimum absolute atomic E-state index is 0.0670. The number of rotatable bonds is 5. The summed E-state index contributed by atoms with van der Waals surface area (Å²) in [4.78, 5) is 17.3. The van der Waals surface area contributed by atoms with Crippen molar-refractivity contribution >= 4 is 28.5 Å². The van der Waals surface area contributed by atoms with Gasteiger partial charge in [0.15, 0.2) is 0 Å². The molecule has 0 saturated heterocycles. The van der Waals surface area contributed by atoms with Gasteiger partial charge in [-0.3, -0.25) is 4.79 Å². The van der Waals surface area contributed by atoms with E-state index >= 15 is 0 Å². The summed E-state index contributed by atoms with van der Waals surface area (Å²) in [5.41, 5.74) is 3.05. The van der Waals surface area contributed by atoms with E-state index in [0.29, 0.717) is 19.0 Å². The molecular weight excluding hydrogens is 346 g/mol. The molecule has 0 unspecified atom stereocenters. The van der Waals surface area contributed by atoms with Crippen molar-refractivity contribution in [1.82, 2.24) is 14.9 Å². The highest BCUT2D eigenvalue weighted by Gasteiger charge is 2.19. The van der Waals surface area contributed by atoms with E-state index in [0.717, 1.165) is 40.3 Å². The summed E-state index contributed by atoms with van der Waals surface area (Å²) in [5, 5.41) is 3.90. The monoisotopic (exact) mass is 367 g/mol. The Hall–Kier alpha value is -2.33. The highest BCUT2D eigenvalue weighted by atomic mass is 35.5. The molecule has 0 atom stereocenters. The molecule has 1 aliphatic rings. The van der Waals surface area contributed by atoms with Crippen molar-refractivity contribution in [3.8, 4) is 0 Å². The molecule has 0 spiro atoms. The number of carbonyl (C=O) groups is 1. The number of halogens is 1. The van der Waals surface area contributed by atoms with E-state index in [2.05, 4.69) is 5.32 Å². The van der Waals surface area contributed by atoms with Gasteiger partial charge in [0.1, 0.15) is 12.4 Å². The lowest BCUT2D eigenvalue weighted by atomic mass is 10.1. The van der Waals surface area contributed by atoms with E-state index in [1.54, 1.807) is 0 Å². The number of amides is 1. The Balaban J connectivity index is 1.60. The molecule has 2 aromatic carbocycles. The number of hydrogen-bond donors (Lipinski definition) is 1. The van der Waals surface area contributed by atoms with Crippen molar-refractivity contribution in [2.75, 3.05) is 0 Å². The Bertz CT molecular complexity index is 911. The van der Waals surface area contributed by atoms with E-state index in [9.17, 15) is 4.79 Å². The molecule has 1 aliphatic carbocycles. The fourth-order valence-electron chi connectivity index (χ4n) is 3.71. The molecule has 26 heavy (non-hydrogen) atoms. The first-order valence-electron chi connectivity index (χ1n) is 9.17. The molecule has 5 heteroatoms. The zero-order chi connectivity index (χ0) is 17.9. The topological polar surface area (TPSA) is 46.9 Å². The Morgan fingerprint density at radius 2 is 1.85 bits per heavy atom. The number of imidazole rings is 1. The van der Waals surface area contributed by atoms with Crippen LogP contribution in [0.3, 0.4) is 0 Å². The molecule has 0 radical (unpaired) electrons. The van der Waals surface area contributed by atoms with Crippen LogP contribution in [0.1, 0.15) is 37.1 Å². The van der Waals surface area contributed by atoms with Crippen LogP contribution in [0.15, 0.2) is 48.5 Å². The third-order valence-electron chi connectivity index (χ3n) is 5.03. The normalized spacial score (nSPS) is 14.8. The van der Waals surface area contributed by atoms with Crippen LogP contribution in [0.25, 0.3) is 11.0 Å². The maximum atomic E-state index is 12.6. The van der Waals surface area contributed by atoms with Gasteiger partial charge in [-0.1, -0.05) is 48.7 Å². The van der Waals surface area contributed by atoms with Crippen molar-refractivity contribution in [3.05, 3.63) is 64.9 Å². The zero-order valence-electron chi connectivity index (χ0n) is 14.6. The molecular formula is C21H22ClN3O. The number of benzene rings is 2. The van der Waals surface area contributed by atoms with Crippen molar-refractivity contribution in [2.24, 2.45) is 0 Å². The highest BCUT2D eigenvalue weighted by molar-refractivity contribution is 6.30. The van der Waals surface area contributed by atoms with E-state index in [1.807, 2.05) is 53.1 Å². The van der Waals surface area contributed by atoms with Crippen LogP contribution in [0, 0.1) is 0 Å². The molecule has 1 fully saturated rings. The second-order valence-corrected chi connectivity index (χ2v) is 7.39. The van der Waals surface area contributed by atoms with Crippen LogP contribution in [0.5, 0.6) is 0 Å². The van der Waals surface area contributed by atoms with Gasteiger partial charge in [-0.25, -0.2) is 4.98 Å². The van der Waals surface area contributed by atoms with Gasteiger partial charge in [0, 0.05) is 17.5 Å². The summed E-state index contributed by atoms with van der Waals surface area (Å²) >= 11 is 5.99. The Morgan fingerprint density at radius 3 is 2.62 bits per heavy atom. The number of aromatic nitrogens is 2. The number of nitrogens with zero attached hydrogens (tertiary/aromatic N) is 2. The molecule has 0 aliphatic heterocycles. The molecule has 1 saturated carbocycles. The maximum Gasteiger partial charge on any atom is 0.240 e. The summed E-state index contributed by atoms with van der Waals surface area (Å²) < 4.78 is 2.04. The fraction of sp³-hybridized carbons (Fsp3) is 0.333. The van der Waals surface area contributed by atoms with Gasteiger partial charge in [-0.15, -0.1) is 0 Å². The SMILES string of the molecule is O=C(Cn1c(Cc2ccc(Cl)cc2)nc2ccccc21)NC1CCCC1. The minimum Gasteiger partial charge on any atom is -0.352 e. The fourth-order valence-corrected chi connectivity index (χ4v) is 3.83. The van der Waals surface area contributed by atoms with Crippen LogP contribution in [0.2, 0.25) is 5.02 Å². The van der Waals surface area contributed by atoms with Crippen molar-refractivity contribution in [2.45, 2.75) is 44.7 Å². The molecule has 4 nitrogen and oxygen atoms in total. The minimum atomic E-state index is 0.0670. The van der Waals surface area contributed by atoms with Gasteiger partial charge in [0.05, 0.1) is 11.0 Å². The summed E-state index contributed by atoms with van der Waals surface area (Å²) in [6.45, 7) is 0.305. The summed E-state index contributed by atoms with van der Waals surface area (Å²) in [5.74, 6) is 0.965. The lowest BCUT2D eigenvalue weighted by Crippen LogP contribution is -2.35. The first kappa shape index (κ1) is 17.1. The average molecular weight is 368 g/mol. The van der Waals surface area contributed by atoms with Gasteiger partial charge >= 0.3 is 0 Å². The molecule has 1 heterocycles. The molecule has 3 aromatic rings. The molecule has 4 rings (SSSR count). The van der Waals surface area contributed by atoms with Crippen molar-refractivity contribution < 1.29 is 4.79 Å². The third kappa shape index (κ3) is 3.75. The lowest BCUT2D eigenvalue weighted by Gasteiger charge is -2.14. The Labute approximate surface area is 158 Å². The molecule has 0 bridgehead atoms. The zero-order valence-corrected chi connectivity index (χ0v) is 15.4. The van der Waals surface area contributed by atoms with Crippen LogP contribution in [-0.2, 0) is 17.8 Å². The largest absolute Gasteiger partial charge is 0.352 e. The van der Waals surface area contributed by atoms with E-state index in [1.165, 1.54) is 12.8 Å². The predicted molar refractivity (Wildman–Crippen MR) is 104 cm³/mol. The first-order valence-corrected chi connectivity index (χ1v) is 9.55. The van der Waals surface area contributed by atoms with Gasteiger partial charge in [-0.2, -0.15) is 0 Å². The molecule has 1 aromatic heterocycles. The predicted octanol–water partition coefficient (Wildman–Crippen LogP) is 4.34. The van der Waals surface area contributed by atoms with Crippen LogP contribution < -0.4 is 5.32 Å². The van der Waals surface area contributed by atoms with Gasteiger partial charge in [-0.05, 0) is 42.7 Å². The van der Waals surface area contributed by atoms with Crippen LogP contribution in [0.4, 0.5) is 0 Å². The van der Waals surface area contributed by atoms with Crippen LogP contribution in [-0.4, -0.2) is 21.5 Å². The number of carbonyl (C=O) groups excluding carboxylic acids is 1. The standard InChI is InChI=1S/C21H22ClN3O/c22-16-11-9-15(10-12-16)13-20-24-18-7-3-4-8-19(18)25(20)14-21(26)23-17-5-1-2-6-17/h3-4,7-12,17H,1-2,5-6,13-14H2,(H,23,26). The maximum absolute atomic E-state index is 12.6. The third-order valence-corrected chi connectivity index (χ3v) is 5.28. The average Bonchev–Trinajstić information content (AvgIpc) is 3.26. The quantitative estimate of drug-likeness (QED) is 0.729. The second-order valence-electron chi connectivity index (χ2n) is 6.96. The summed E-state index contributed by atoms with van der Waals surface area (Å²) in [6, 6.07) is 16.1. The highest BCUT2D eigenvalue weighted by Crippen LogP contribution is 2.21. The number of fused-ring (bicyclic) bond motifs is 1. The molecule has 1 N–H and O–H groups in total. The van der Waals surface area contributed by atoms with Gasteiger partial charge in [0.2, 0.25) is 5.91 Å². The second kappa shape index (κ2) is 7.50. The lowest BCUT2D eigenvalue weighted by molar-refractivity contribution is -0.122. The van der Waals surface area contributed by atoms with E-state index < -0.39 is 0 Å². The number of hydrogen-bond acceptors (Lipinski definition) is 2. The number of nitrogens with one attached hydrogen (secondary N) is 1. The summed E-state index contributed by atoms with van der Waals surface area (Å²) in [7, 11) is 0. The van der Waals surface area contributed by atoms with Crippen LogP contribution >= 0.6 is 11.6 Å². The van der Waals surface area contributed by atoms with E-state index in [4.69, 9.17) is 16.6 Å². The number of para-hydroxylation sites is 2. The Morgan fingerprint density at radius 1 is 1.12 bits per heavy atom. The van der Waals surface area contributed by atoms with Gasteiger partial charge < -0.3 is 9.88 Å². The molecule has 1 amide bonds. The van der Waals surface area contributed by atoms with Crippen molar-refractivity contribution in [1.29, 1.82) is 0 Å². The Kier molecular flexibility index (Phi) is 4.93. The summed E-state index contributed by atoms with van der Waals surface area (Å²) in [6.07, 6.45) is 5.27. The van der Waals surface area contributed by atoms with E-state index in [-0.39, 0.29) is 5.91 Å².